The summed E-state index contributed by atoms with van der Waals surface area (Å²) in [6.07, 6.45) is 7.09. The van der Waals surface area contributed by atoms with Gasteiger partial charge in [-0.3, -0.25) is 0 Å². The van der Waals surface area contributed by atoms with Gasteiger partial charge in [0, 0.05) is 12.0 Å². The molecule has 2 bridgehead atoms. The maximum atomic E-state index is 6.10. The van der Waals surface area contributed by atoms with E-state index in [0.29, 0.717) is 24.2 Å². The molecule has 3 heterocycles. The fourth-order valence-corrected chi connectivity index (χ4v) is 4.51. The van der Waals surface area contributed by atoms with Crippen molar-refractivity contribution in [3.8, 4) is 0 Å². The Balaban J connectivity index is 1.50. The predicted molar refractivity (Wildman–Crippen MR) is 82.3 cm³/mol. The minimum atomic E-state index is 0.242. The fraction of sp³-hybridized carbons (Fsp3) is 0.667. The SMILES string of the molecule is CNC(CC1OCCc2ccccc21)C1CC2CCC1O2. The molecule has 3 heteroatoms. The topological polar surface area (TPSA) is 30.5 Å². The summed E-state index contributed by atoms with van der Waals surface area (Å²) in [7, 11) is 2.09. The number of hydrogen-bond donors (Lipinski definition) is 1. The zero-order chi connectivity index (χ0) is 14.2. The van der Waals surface area contributed by atoms with Crippen LogP contribution in [0.1, 0.15) is 42.9 Å². The Labute approximate surface area is 127 Å². The maximum absolute atomic E-state index is 6.10. The van der Waals surface area contributed by atoms with Gasteiger partial charge in [0.15, 0.2) is 0 Å². The third-order valence-corrected chi connectivity index (χ3v) is 5.60. The number of benzene rings is 1. The summed E-state index contributed by atoms with van der Waals surface area (Å²) in [5.74, 6) is 0.659. The molecule has 4 rings (SSSR count). The van der Waals surface area contributed by atoms with E-state index in [1.165, 1.54) is 30.4 Å². The van der Waals surface area contributed by atoms with Gasteiger partial charge < -0.3 is 14.8 Å². The van der Waals surface area contributed by atoms with Crippen LogP contribution in [0.5, 0.6) is 0 Å². The van der Waals surface area contributed by atoms with Gasteiger partial charge in [0.05, 0.1) is 24.9 Å². The van der Waals surface area contributed by atoms with Crippen LogP contribution in [-0.4, -0.2) is 31.9 Å². The summed E-state index contributed by atoms with van der Waals surface area (Å²) in [6, 6.07) is 9.26. The second-order valence-corrected chi connectivity index (χ2v) is 6.71. The third kappa shape index (κ3) is 2.52. The molecule has 21 heavy (non-hydrogen) atoms. The Kier molecular flexibility index (Phi) is 3.74. The summed E-state index contributed by atoms with van der Waals surface area (Å²) < 4.78 is 12.1. The van der Waals surface area contributed by atoms with Crippen LogP contribution in [0.3, 0.4) is 0 Å². The van der Waals surface area contributed by atoms with Gasteiger partial charge in [-0.15, -0.1) is 0 Å². The first kappa shape index (κ1) is 13.7. The lowest BCUT2D eigenvalue weighted by atomic mass is 9.80. The zero-order valence-electron chi connectivity index (χ0n) is 12.8. The minimum Gasteiger partial charge on any atom is -0.375 e. The second kappa shape index (κ2) is 5.71. The van der Waals surface area contributed by atoms with E-state index in [1.807, 2.05) is 0 Å². The van der Waals surface area contributed by atoms with Crippen molar-refractivity contribution in [3.05, 3.63) is 35.4 Å². The standard InChI is InChI=1S/C18H25NO2/c1-19-16(15-10-13-6-7-17(15)21-13)11-18-14-5-3-2-4-12(14)8-9-20-18/h2-5,13,15-19H,6-11H2,1H3. The Bertz CT molecular complexity index is 504. The molecule has 0 amide bonds. The van der Waals surface area contributed by atoms with Gasteiger partial charge >= 0.3 is 0 Å². The first-order valence-corrected chi connectivity index (χ1v) is 8.37. The highest BCUT2D eigenvalue weighted by atomic mass is 16.5. The van der Waals surface area contributed by atoms with Crippen molar-refractivity contribution in [3.63, 3.8) is 0 Å². The molecular weight excluding hydrogens is 262 g/mol. The lowest BCUT2D eigenvalue weighted by Crippen LogP contribution is -2.40. The molecule has 2 fully saturated rings. The first-order valence-electron chi connectivity index (χ1n) is 8.37. The van der Waals surface area contributed by atoms with Gasteiger partial charge in [0.25, 0.3) is 0 Å². The average molecular weight is 287 g/mol. The van der Waals surface area contributed by atoms with Crippen molar-refractivity contribution in [2.24, 2.45) is 5.92 Å². The molecule has 5 unspecified atom stereocenters. The maximum Gasteiger partial charge on any atom is 0.0842 e. The minimum absolute atomic E-state index is 0.242. The van der Waals surface area contributed by atoms with Crippen molar-refractivity contribution in [1.82, 2.24) is 5.32 Å². The zero-order valence-corrected chi connectivity index (χ0v) is 12.8. The largest absolute Gasteiger partial charge is 0.375 e. The average Bonchev–Trinajstić information content (AvgIpc) is 3.15. The van der Waals surface area contributed by atoms with Crippen LogP contribution in [0, 0.1) is 5.92 Å². The van der Waals surface area contributed by atoms with E-state index in [1.54, 1.807) is 0 Å². The Morgan fingerprint density at radius 2 is 2.19 bits per heavy atom. The van der Waals surface area contributed by atoms with Crippen LogP contribution in [0.4, 0.5) is 0 Å². The lowest BCUT2D eigenvalue weighted by Gasteiger charge is -2.33. The van der Waals surface area contributed by atoms with Crippen LogP contribution < -0.4 is 5.32 Å². The van der Waals surface area contributed by atoms with E-state index < -0.39 is 0 Å². The monoisotopic (exact) mass is 287 g/mol. The molecule has 0 saturated carbocycles. The van der Waals surface area contributed by atoms with E-state index in [4.69, 9.17) is 9.47 Å². The van der Waals surface area contributed by atoms with Crippen molar-refractivity contribution in [1.29, 1.82) is 0 Å². The summed E-state index contributed by atoms with van der Waals surface area (Å²) in [5, 5.41) is 3.55. The van der Waals surface area contributed by atoms with Crippen LogP contribution in [0.15, 0.2) is 24.3 Å². The quantitative estimate of drug-likeness (QED) is 0.923. The van der Waals surface area contributed by atoms with Gasteiger partial charge in [-0.1, -0.05) is 24.3 Å². The molecule has 114 valence electrons. The van der Waals surface area contributed by atoms with Crippen LogP contribution in [-0.2, 0) is 15.9 Å². The summed E-state index contributed by atoms with van der Waals surface area (Å²) in [6.45, 7) is 0.853. The van der Waals surface area contributed by atoms with Crippen LogP contribution in [0.25, 0.3) is 0 Å². The van der Waals surface area contributed by atoms with Crippen LogP contribution in [0.2, 0.25) is 0 Å². The van der Waals surface area contributed by atoms with Gasteiger partial charge in [-0.2, -0.15) is 0 Å². The molecule has 3 nitrogen and oxygen atoms in total. The lowest BCUT2D eigenvalue weighted by molar-refractivity contribution is 0.0194. The van der Waals surface area contributed by atoms with Crippen molar-refractivity contribution in [2.75, 3.05) is 13.7 Å². The molecule has 1 aromatic rings. The molecule has 0 spiro atoms. The molecule has 0 radical (unpaired) electrons. The number of hydrogen-bond acceptors (Lipinski definition) is 3. The second-order valence-electron chi connectivity index (χ2n) is 6.71. The Morgan fingerprint density at radius 3 is 2.95 bits per heavy atom. The first-order chi connectivity index (χ1) is 10.3. The molecule has 3 aliphatic heterocycles. The van der Waals surface area contributed by atoms with Gasteiger partial charge in [0.2, 0.25) is 0 Å². The number of ether oxygens (including phenoxy) is 2. The van der Waals surface area contributed by atoms with Crippen molar-refractivity contribution in [2.45, 2.75) is 56.5 Å². The molecule has 5 atom stereocenters. The van der Waals surface area contributed by atoms with Gasteiger partial charge in [-0.05, 0) is 50.3 Å². The van der Waals surface area contributed by atoms with E-state index in [0.717, 1.165) is 19.4 Å². The summed E-state index contributed by atoms with van der Waals surface area (Å²) in [5.41, 5.74) is 2.86. The molecule has 1 aromatic carbocycles. The predicted octanol–water partition coefficient (Wildman–Crippen LogP) is 2.85. The van der Waals surface area contributed by atoms with Crippen molar-refractivity contribution >= 4 is 0 Å². The summed E-state index contributed by atoms with van der Waals surface area (Å²) >= 11 is 0. The van der Waals surface area contributed by atoms with Crippen LogP contribution >= 0.6 is 0 Å². The van der Waals surface area contributed by atoms with Gasteiger partial charge in [-0.25, -0.2) is 0 Å². The van der Waals surface area contributed by atoms with Crippen molar-refractivity contribution < 1.29 is 9.47 Å². The fourth-order valence-electron chi connectivity index (χ4n) is 4.51. The molecule has 2 saturated heterocycles. The Hall–Kier alpha value is -0.900. The number of fused-ring (bicyclic) bond motifs is 3. The number of nitrogens with one attached hydrogen (secondary N) is 1. The number of rotatable bonds is 4. The normalized spacial score (nSPS) is 35.7. The smallest absolute Gasteiger partial charge is 0.0842 e. The molecule has 1 N–H and O–H groups in total. The van der Waals surface area contributed by atoms with E-state index in [9.17, 15) is 0 Å². The van der Waals surface area contributed by atoms with E-state index in [2.05, 4.69) is 36.6 Å². The highest BCUT2D eigenvalue weighted by Crippen LogP contribution is 2.42. The van der Waals surface area contributed by atoms with E-state index in [-0.39, 0.29) is 6.10 Å². The molecule has 0 aliphatic carbocycles. The highest BCUT2D eigenvalue weighted by molar-refractivity contribution is 5.31. The summed E-state index contributed by atoms with van der Waals surface area (Å²) in [4.78, 5) is 0. The van der Waals surface area contributed by atoms with E-state index >= 15 is 0 Å². The molecular formula is C18H25NO2. The highest BCUT2D eigenvalue weighted by Gasteiger charge is 2.44. The third-order valence-electron chi connectivity index (χ3n) is 5.60. The Morgan fingerprint density at radius 1 is 1.29 bits per heavy atom. The molecule has 0 aromatic heterocycles. The van der Waals surface area contributed by atoms with Gasteiger partial charge in [0.1, 0.15) is 0 Å². The molecule has 3 aliphatic rings.